The summed E-state index contributed by atoms with van der Waals surface area (Å²) in [5, 5.41) is 8.82. The van der Waals surface area contributed by atoms with Gasteiger partial charge in [-0.15, -0.1) is 10.2 Å². The first kappa shape index (κ1) is 17.5. The number of rotatable bonds is 3. The van der Waals surface area contributed by atoms with E-state index in [4.69, 9.17) is 0 Å². The number of nitrogens with zero attached hydrogens (tertiary/aromatic N) is 5. The fourth-order valence-electron chi connectivity index (χ4n) is 3.55. The molecule has 1 aromatic heterocycles. The number of amides is 1. The maximum atomic E-state index is 12.7. The van der Waals surface area contributed by atoms with Crippen molar-refractivity contribution in [3.63, 3.8) is 0 Å². The molecule has 2 saturated heterocycles. The second kappa shape index (κ2) is 7.77. The minimum absolute atomic E-state index is 0.116. The third kappa shape index (κ3) is 3.62. The van der Waals surface area contributed by atoms with Gasteiger partial charge in [-0.2, -0.15) is 0 Å². The van der Waals surface area contributed by atoms with Gasteiger partial charge in [0.25, 0.3) is 5.91 Å². The van der Waals surface area contributed by atoms with E-state index in [9.17, 15) is 4.79 Å². The molecule has 1 amide bonds. The first-order chi connectivity index (χ1) is 12.7. The quantitative estimate of drug-likeness (QED) is 0.656. The van der Waals surface area contributed by atoms with Crippen molar-refractivity contribution in [2.24, 2.45) is 0 Å². The van der Waals surface area contributed by atoms with Gasteiger partial charge in [0.15, 0.2) is 11.6 Å². The average molecular weight is 463 g/mol. The highest BCUT2D eigenvalue weighted by Crippen LogP contribution is 2.21. The third-order valence-corrected chi connectivity index (χ3v) is 6.00. The van der Waals surface area contributed by atoms with Crippen molar-refractivity contribution in [1.29, 1.82) is 0 Å². The van der Waals surface area contributed by atoms with Crippen LogP contribution in [-0.2, 0) is 0 Å². The summed E-state index contributed by atoms with van der Waals surface area (Å²) in [6.07, 6.45) is 2.47. The molecule has 0 aliphatic carbocycles. The zero-order valence-electron chi connectivity index (χ0n) is 14.6. The van der Waals surface area contributed by atoms with Crippen LogP contribution in [0.3, 0.4) is 0 Å². The van der Waals surface area contributed by atoms with E-state index in [0.29, 0.717) is 13.1 Å². The number of benzene rings is 1. The first-order valence-corrected chi connectivity index (χ1v) is 10.2. The van der Waals surface area contributed by atoms with Crippen molar-refractivity contribution in [3.05, 3.63) is 45.5 Å². The molecule has 0 atom stereocenters. The Balaban J connectivity index is 1.37. The monoisotopic (exact) mass is 463 g/mol. The Kier molecular flexibility index (Phi) is 5.23. The maximum absolute atomic E-state index is 12.7. The predicted octanol–water partition coefficient (Wildman–Crippen LogP) is 2.64. The number of carbonyl (C=O) groups is 1. The highest BCUT2D eigenvalue weighted by molar-refractivity contribution is 14.1. The van der Waals surface area contributed by atoms with Gasteiger partial charge in [0, 0.05) is 42.8 Å². The Morgan fingerprint density at radius 3 is 1.96 bits per heavy atom. The summed E-state index contributed by atoms with van der Waals surface area (Å²) in [5.41, 5.74) is 0.788. The van der Waals surface area contributed by atoms with Crippen LogP contribution < -0.4 is 9.80 Å². The molecule has 0 bridgehead atoms. The lowest BCUT2D eigenvalue weighted by Gasteiger charge is -2.35. The fraction of sp³-hybridized carbons (Fsp3) is 0.421. The van der Waals surface area contributed by atoms with Gasteiger partial charge in [-0.1, -0.05) is 12.1 Å². The second-order valence-corrected chi connectivity index (χ2v) is 7.87. The molecule has 2 aliphatic rings. The van der Waals surface area contributed by atoms with Gasteiger partial charge in [-0.25, -0.2) is 0 Å². The summed E-state index contributed by atoms with van der Waals surface area (Å²) in [7, 11) is 0. The zero-order chi connectivity index (χ0) is 17.9. The van der Waals surface area contributed by atoms with Crippen LogP contribution in [-0.4, -0.2) is 60.3 Å². The van der Waals surface area contributed by atoms with E-state index in [0.717, 1.165) is 46.9 Å². The molecular weight excluding hydrogens is 441 g/mol. The van der Waals surface area contributed by atoms with Crippen LogP contribution in [0.4, 0.5) is 11.6 Å². The highest BCUT2D eigenvalue weighted by atomic mass is 127. The van der Waals surface area contributed by atoms with Crippen LogP contribution >= 0.6 is 22.6 Å². The molecule has 0 unspecified atom stereocenters. The van der Waals surface area contributed by atoms with Crippen molar-refractivity contribution in [2.75, 3.05) is 49.1 Å². The van der Waals surface area contributed by atoms with Crippen molar-refractivity contribution in [2.45, 2.75) is 12.8 Å². The molecule has 2 aliphatic heterocycles. The predicted molar refractivity (Wildman–Crippen MR) is 111 cm³/mol. The summed E-state index contributed by atoms with van der Waals surface area (Å²) < 4.78 is 1.00. The summed E-state index contributed by atoms with van der Waals surface area (Å²) in [6.45, 7) is 5.14. The van der Waals surface area contributed by atoms with Gasteiger partial charge in [0.2, 0.25) is 0 Å². The molecule has 6 nitrogen and oxygen atoms in total. The number of hydrogen-bond acceptors (Lipinski definition) is 5. The third-order valence-electron chi connectivity index (χ3n) is 5.06. The topological polar surface area (TPSA) is 52.6 Å². The molecule has 0 saturated carbocycles. The number of hydrogen-bond donors (Lipinski definition) is 0. The molecule has 0 spiro atoms. The lowest BCUT2D eigenvalue weighted by atomic mass is 10.2. The van der Waals surface area contributed by atoms with Crippen molar-refractivity contribution < 1.29 is 4.79 Å². The molecule has 4 rings (SSSR count). The van der Waals surface area contributed by atoms with Crippen molar-refractivity contribution >= 4 is 40.1 Å². The van der Waals surface area contributed by atoms with Crippen molar-refractivity contribution in [1.82, 2.24) is 15.1 Å². The molecule has 0 N–H and O–H groups in total. The highest BCUT2D eigenvalue weighted by Gasteiger charge is 2.24. The molecule has 3 heterocycles. The van der Waals surface area contributed by atoms with E-state index in [1.165, 1.54) is 12.8 Å². The normalized spacial score (nSPS) is 17.7. The van der Waals surface area contributed by atoms with E-state index in [1.807, 2.05) is 29.2 Å². The molecule has 2 aromatic rings. The SMILES string of the molecule is O=C(c1ccccc1I)N1CCN(c2ccc(N3CCCC3)nn2)CC1. The van der Waals surface area contributed by atoms with Crippen LogP contribution in [0.5, 0.6) is 0 Å². The molecule has 136 valence electrons. The summed E-state index contributed by atoms with van der Waals surface area (Å²) >= 11 is 2.22. The number of carbonyl (C=O) groups excluding carboxylic acids is 1. The Morgan fingerprint density at radius 1 is 0.808 bits per heavy atom. The summed E-state index contributed by atoms with van der Waals surface area (Å²) in [5.74, 6) is 1.98. The Hall–Kier alpha value is -1.90. The molecule has 7 heteroatoms. The van der Waals surface area contributed by atoms with Crippen LogP contribution in [0.25, 0.3) is 0 Å². The van der Waals surface area contributed by atoms with E-state index in [2.05, 4.69) is 54.7 Å². The minimum atomic E-state index is 0.116. The smallest absolute Gasteiger partial charge is 0.255 e. The largest absolute Gasteiger partial charge is 0.355 e. The summed E-state index contributed by atoms with van der Waals surface area (Å²) in [4.78, 5) is 19.2. The molecule has 2 fully saturated rings. The fourth-order valence-corrected chi connectivity index (χ4v) is 4.16. The molecule has 0 radical (unpaired) electrons. The maximum Gasteiger partial charge on any atom is 0.255 e. The second-order valence-electron chi connectivity index (χ2n) is 6.70. The van der Waals surface area contributed by atoms with E-state index in [-0.39, 0.29) is 5.91 Å². The Labute approximate surface area is 167 Å². The Bertz CT molecular complexity index is 768. The zero-order valence-corrected chi connectivity index (χ0v) is 16.8. The van der Waals surface area contributed by atoms with E-state index >= 15 is 0 Å². The van der Waals surface area contributed by atoms with E-state index < -0.39 is 0 Å². The van der Waals surface area contributed by atoms with Gasteiger partial charge in [0.05, 0.1) is 5.56 Å². The average Bonchev–Trinajstić information content (AvgIpc) is 3.23. The van der Waals surface area contributed by atoms with Crippen LogP contribution in [0.1, 0.15) is 23.2 Å². The van der Waals surface area contributed by atoms with Gasteiger partial charge < -0.3 is 14.7 Å². The van der Waals surface area contributed by atoms with E-state index in [1.54, 1.807) is 0 Å². The van der Waals surface area contributed by atoms with Gasteiger partial charge >= 0.3 is 0 Å². The number of halogens is 1. The first-order valence-electron chi connectivity index (χ1n) is 9.10. The number of anilines is 2. The van der Waals surface area contributed by atoms with Gasteiger partial charge in [-0.3, -0.25) is 4.79 Å². The lowest BCUT2D eigenvalue weighted by Crippen LogP contribution is -2.49. The van der Waals surface area contributed by atoms with Crippen LogP contribution in [0.2, 0.25) is 0 Å². The number of aromatic nitrogens is 2. The van der Waals surface area contributed by atoms with Crippen molar-refractivity contribution in [3.8, 4) is 0 Å². The molecule has 26 heavy (non-hydrogen) atoms. The van der Waals surface area contributed by atoms with Gasteiger partial charge in [-0.05, 0) is 59.7 Å². The standard InChI is InChI=1S/C19H22IN5O/c20-16-6-2-1-5-15(16)19(26)25-13-11-24(12-14-25)18-8-7-17(21-22-18)23-9-3-4-10-23/h1-2,5-8H,3-4,9-14H2. The van der Waals surface area contributed by atoms with Crippen LogP contribution in [0.15, 0.2) is 36.4 Å². The summed E-state index contributed by atoms with van der Waals surface area (Å²) in [6, 6.07) is 11.9. The van der Waals surface area contributed by atoms with Crippen LogP contribution in [0, 0.1) is 3.57 Å². The minimum Gasteiger partial charge on any atom is -0.355 e. The van der Waals surface area contributed by atoms with Gasteiger partial charge in [0.1, 0.15) is 0 Å². The Morgan fingerprint density at radius 2 is 1.38 bits per heavy atom. The number of piperazine rings is 1. The molecular formula is C19H22IN5O. The molecule has 1 aromatic carbocycles. The lowest BCUT2D eigenvalue weighted by molar-refractivity contribution is 0.0745.